The molecular formula is C22H14N2O6S2. The third-order valence-corrected chi connectivity index (χ3v) is 6.15. The second-order valence-electron chi connectivity index (χ2n) is 6.94. The summed E-state index contributed by atoms with van der Waals surface area (Å²) in [7, 11) is 0. The summed E-state index contributed by atoms with van der Waals surface area (Å²) in [4.78, 5) is 38.3. The van der Waals surface area contributed by atoms with Gasteiger partial charge < -0.3 is 19.2 Å². The minimum absolute atomic E-state index is 0.168. The lowest BCUT2D eigenvalue weighted by atomic mass is 10.2. The molecule has 2 aliphatic rings. The van der Waals surface area contributed by atoms with Crippen LogP contribution in [0.15, 0.2) is 62.6 Å². The third-order valence-electron chi connectivity index (χ3n) is 4.77. The van der Waals surface area contributed by atoms with E-state index in [-0.39, 0.29) is 19.2 Å². The number of rotatable bonds is 4. The Hall–Kier alpha value is -3.63. The van der Waals surface area contributed by atoms with Crippen molar-refractivity contribution in [3.8, 4) is 11.5 Å². The molecule has 0 atom stereocenters. The first-order valence-electron chi connectivity index (χ1n) is 9.45. The lowest BCUT2D eigenvalue weighted by Gasteiger charge is -2.14. The van der Waals surface area contributed by atoms with E-state index in [0.717, 1.165) is 17.3 Å². The molecule has 1 fully saturated rings. The van der Waals surface area contributed by atoms with E-state index in [0.29, 0.717) is 37.4 Å². The Morgan fingerprint density at radius 2 is 1.94 bits per heavy atom. The van der Waals surface area contributed by atoms with Crippen molar-refractivity contribution in [2.45, 2.75) is 0 Å². The van der Waals surface area contributed by atoms with E-state index in [1.165, 1.54) is 11.0 Å². The van der Waals surface area contributed by atoms with Gasteiger partial charge >= 0.3 is 5.63 Å². The summed E-state index contributed by atoms with van der Waals surface area (Å²) in [6.07, 6.45) is 1.70. The number of amides is 2. The third kappa shape index (κ3) is 3.97. The Balaban J connectivity index is 1.28. The molecule has 1 saturated heterocycles. The van der Waals surface area contributed by atoms with Gasteiger partial charge in [0, 0.05) is 17.1 Å². The minimum atomic E-state index is -0.447. The topological polar surface area (TPSA) is 98.1 Å². The average Bonchev–Trinajstić information content (AvgIpc) is 3.33. The van der Waals surface area contributed by atoms with Crippen molar-refractivity contribution in [2.24, 2.45) is 0 Å². The molecule has 1 N–H and O–H groups in total. The Labute approximate surface area is 190 Å². The quantitative estimate of drug-likeness (QED) is 0.355. The van der Waals surface area contributed by atoms with E-state index >= 15 is 0 Å². The van der Waals surface area contributed by atoms with E-state index in [1.54, 1.807) is 42.5 Å². The highest BCUT2D eigenvalue weighted by atomic mass is 32.2. The molecule has 0 radical (unpaired) electrons. The van der Waals surface area contributed by atoms with E-state index in [9.17, 15) is 14.4 Å². The molecule has 2 amide bonds. The summed E-state index contributed by atoms with van der Waals surface area (Å²) in [6.45, 7) is -0.0489. The molecular weight excluding hydrogens is 452 g/mol. The fourth-order valence-electron chi connectivity index (χ4n) is 3.28. The maximum absolute atomic E-state index is 12.8. The SMILES string of the molecule is O=C(CN1C(=O)/C(=C/c2ccc3c(c2)OCO3)SC1=S)Nc1ccc2oc(=O)ccc2c1. The fraction of sp³-hybridized carbons (Fsp3) is 0.0909. The molecule has 3 aromatic rings. The molecule has 2 aromatic carbocycles. The van der Waals surface area contributed by atoms with Crippen LogP contribution in [0.4, 0.5) is 5.69 Å². The van der Waals surface area contributed by atoms with Crippen molar-refractivity contribution in [3.05, 3.63) is 69.4 Å². The van der Waals surface area contributed by atoms with E-state index in [1.807, 2.05) is 6.07 Å². The van der Waals surface area contributed by atoms with Crippen LogP contribution < -0.4 is 20.4 Å². The second kappa shape index (κ2) is 8.13. The number of fused-ring (bicyclic) bond motifs is 2. The van der Waals surface area contributed by atoms with E-state index in [2.05, 4.69) is 5.32 Å². The number of carbonyl (C=O) groups excluding carboxylic acids is 2. The minimum Gasteiger partial charge on any atom is -0.454 e. The zero-order valence-electron chi connectivity index (χ0n) is 16.3. The molecule has 32 heavy (non-hydrogen) atoms. The van der Waals surface area contributed by atoms with Gasteiger partial charge in [-0.1, -0.05) is 30.0 Å². The van der Waals surface area contributed by atoms with Crippen molar-refractivity contribution in [2.75, 3.05) is 18.7 Å². The van der Waals surface area contributed by atoms with Crippen LogP contribution in [0.1, 0.15) is 5.56 Å². The number of nitrogens with zero attached hydrogens (tertiary/aromatic N) is 1. The predicted octanol–water partition coefficient (Wildman–Crippen LogP) is 3.36. The molecule has 160 valence electrons. The molecule has 2 aliphatic heterocycles. The van der Waals surface area contributed by atoms with Crippen molar-refractivity contribution >= 4 is 62.8 Å². The van der Waals surface area contributed by atoms with Crippen LogP contribution in [0.25, 0.3) is 17.0 Å². The first-order valence-corrected chi connectivity index (χ1v) is 10.7. The monoisotopic (exact) mass is 466 g/mol. The highest BCUT2D eigenvalue weighted by Gasteiger charge is 2.33. The van der Waals surface area contributed by atoms with Gasteiger partial charge in [0.2, 0.25) is 12.7 Å². The van der Waals surface area contributed by atoms with Gasteiger partial charge in [0.05, 0.1) is 4.91 Å². The molecule has 1 aromatic heterocycles. The first-order chi connectivity index (χ1) is 15.5. The largest absolute Gasteiger partial charge is 0.454 e. The second-order valence-corrected chi connectivity index (χ2v) is 8.61. The van der Waals surface area contributed by atoms with Gasteiger partial charge in [0.1, 0.15) is 16.4 Å². The van der Waals surface area contributed by atoms with Crippen LogP contribution in [0.5, 0.6) is 11.5 Å². The van der Waals surface area contributed by atoms with Crippen molar-refractivity contribution in [3.63, 3.8) is 0 Å². The highest BCUT2D eigenvalue weighted by molar-refractivity contribution is 8.26. The van der Waals surface area contributed by atoms with E-state index in [4.69, 9.17) is 26.1 Å². The molecule has 0 saturated carbocycles. The molecule has 0 unspecified atom stereocenters. The molecule has 10 heteroatoms. The number of anilines is 1. The summed E-state index contributed by atoms with van der Waals surface area (Å²) in [6, 6.07) is 13.2. The Bertz CT molecular complexity index is 1380. The van der Waals surface area contributed by atoms with Gasteiger partial charge in [-0.05, 0) is 48.0 Å². The maximum atomic E-state index is 12.8. The molecule has 5 rings (SSSR count). The van der Waals surface area contributed by atoms with Gasteiger partial charge in [0.15, 0.2) is 11.5 Å². The summed E-state index contributed by atoms with van der Waals surface area (Å²) >= 11 is 6.45. The summed E-state index contributed by atoms with van der Waals surface area (Å²) in [5, 5.41) is 3.40. The van der Waals surface area contributed by atoms with Crippen molar-refractivity contribution in [1.82, 2.24) is 4.90 Å². The zero-order chi connectivity index (χ0) is 22.2. The lowest BCUT2D eigenvalue weighted by Crippen LogP contribution is -2.36. The van der Waals surface area contributed by atoms with Gasteiger partial charge in [0.25, 0.3) is 5.91 Å². The number of thioether (sulfide) groups is 1. The van der Waals surface area contributed by atoms with Crippen LogP contribution in [0, 0.1) is 0 Å². The number of thiocarbonyl (C=S) groups is 1. The van der Waals surface area contributed by atoms with Gasteiger partial charge in [-0.15, -0.1) is 0 Å². The number of ether oxygens (including phenoxy) is 2. The summed E-state index contributed by atoms with van der Waals surface area (Å²) < 4.78 is 16.0. The summed E-state index contributed by atoms with van der Waals surface area (Å²) in [5.41, 5.74) is 1.25. The fourth-order valence-corrected chi connectivity index (χ4v) is 4.54. The van der Waals surface area contributed by atoms with Crippen LogP contribution >= 0.6 is 24.0 Å². The van der Waals surface area contributed by atoms with Crippen LogP contribution in [0.2, 0.25) is 0 Å². The Morgan fingerprint density at radius 3 is 2.81 bits per heavy atom. The smallest absolute Gasteiger partial charge is 0.336 e. The highest BCUT2D eigenvalue weighted by Crippen LogP contribution is 2.36. The predicted molar refractivity (Wildman–Crippen MR) is 124 cm³/mol. The van der Waals surface area contributed by atoms with Gasteiger partial charge in [-0.2, -0.15) is 0 Å². The van der Waals surface area contributed by atoms with Crippen LogP contribution in [0.3, 0.4) is 0 Å². The first kappa shape index (κ1) is 20.3. The molecule has 3 heterocycles. The van der Waals surface area contributed by atoms with Gasteiger partial charge in [-0.3, -0.25) is 14.5 Å². The standard InChI is InChI=1S/C22H14N2O6S2/c25-19(23-14-3-5-15-13(9-14)2-6-20(26)30-15)10-24-21(27)18(32-22(24)31)8-12-1-4-16-17(7-12)29-11-28-16/h1-9H,10-11H2,(H,23,25)/b18-8-. The van der Waals surface area contributed by atoms with Crippen LogP contribution in [-0.2, 0) is 9.59 Å². The molecule has 8 nitrogen and oxygen atoms in total. The average molecular weight is 466 g/mol. The number of carbonyl (C=O) groups is 2. The number of nitrogens with one attached hydrogen (secondary N) is 1. The molecule has 0 aliphatic carbocycles. The van der Waals surface area contributed by atoms with Crippen molar-refractivity contribution < 1.29 is 23.5 Å². The maximum Gasteiger partial charge on any atom is 0.336 e. The molecule has 0 spiro atoms. The normalized spacial score (nSPS) is 16.2. The molecule has 0 bridgehead atoms. The number of hydrogen-bond acceptors (Lipinski definition) is 8. The lowest BCUT2D eigenvalue weighted by molar-refractivity contribution is -0.126. The van der Waals surface area contributed by atoms with E-state index < -0.39 is 11.5 Å². The number of benzene rings is 2. The van der Waals surface area contributed by atoms with Gasteiger partial charge in [-0.25, -0.2) is 4.79 Å². The van der Waals surface area contributed by atoms with Crippen LogP contribution in [-0.4, -0.2) is 34.4 Å². The zero-order valence-corrected chi connectivity index (χ0v) is 18.0. The Kier molecular flexibility index (Phi) is 5.16. The van der Waals surface area contributed by atoms with Crippen molar-refractivity contribution in [1.29, 1.82) is 0 Å². The number of hydrogen-bond donors (Lipinski definition) is 1. The summed E-state index contributed by atoms with van der Waals surface area (Å²) in [5.74, 6) is 0.529. The Morgan fingerprint density at radius 1 is 1.09 bits per heavy atom.